The quantitative estimate of drug-likeness (QED) is 0.257. The van der Waals surface area contributed by atoms with Gasteiger partial charge >= 0.3 is 0 Å². The molecule has 0 spiro atoms. The fourth-order valence-electron chi connectivity index (χ4n) is 20.8. The molecule has 0 saturated carbocycles. The van der Waals surface area contributed by atoms with Gasteiger partial charge in [0.25, 0.3) is 0 Å². The zero-order chi connectivity index (χ0) is 89.9. The van der Waals surface area contributed by atoms with Crippen molar-refractivity contribution in [3.05, 3.63) is 0 Å². The number of nitrogens with zero attached hydrogens (tertiary/aromatic N) is 7. The Morgan fingerprint density at radius 3 is 0.779 bits per heavy atom. The smallest absolute Gasteiger partial charge is 0.0311 e. The van der Waals surface area contributed by atoms with E-state index < -0.39 is 0 Å². The molecule has 0 aromatic rings. The van der Waals surface area contributed by atoms with Crippen molar-refractivity contribution in [3.8, 4) is 0 Å². The van der Waals surface area contributed by atoms with Crippen LogP contribution in [0.5, 0.6) is 0 Å². The van der Waals surface area contributed by atoms with Gasteiger partial charge in [0.05, 0.1) is 0 Å². The van der Waals surface area contributed by atoms with Gasteiger partial charge < -0.3 is 5.32 Å². The van der Waals surface area contributed by atoms with E-state index in [1.807, 2.05) is 0 Å². The lowest BCUT2D eigenvalue weighted by Crippen LogP contribution is -2.65. The summed E-state index contributed by atoms with van der Waals surface area (Å²) in [5.41, 5.74) is 6.72. The van der Waals surface area contributed by atoms with Gasteiger partial charge in [0.2, 0.25) is 0 Å². The van der Waals surface area contributed by atoms with E-state index in [1.165, 1.54) is 155 Å². The number of rotatable bonds is 0. The largest absolute Gasteiger partial charge is 0.313 e. The molecule has 8 heteroatoms. The highest BCUT2D eigenvalue weighted by Crippen LogP contribution is 2.56. The fraction of sp³-hybridized carbons (Fsp3) is 1.00. The summed E-state index contributed by atoms with van der Waals surface area (Å²) >= 11 is 0. The zero-order valence-corrected chi connectivity index (χ0v) is 88.8. The number of hydrogen-bond acceptors (Lipinski definition) is 8. The highest BCUT2D eigenvalue weighted by Gasteiger charge is 2.59. The van der Waals surface area contributed by atoms with Crippen molar-refractivity contribution < 1.29 is 0 Å². The molecule has 113 heavy (non-hydrogen) atoms. The molecular weight excluding hydrogens is 1370 g/mol. The molecule has 8 aliphatic heterocycles. The summed E-state index contributed by atoms with van der Waals surface area (Å²) in [5.74, 6) is 2.54. The van der Waals surface area contributed by atoms with Gasteiger partial charge in [-0.2, -0.15) is 0 Å². The Morgan fingerprint density at radius 1 is 0.257 bits per heavy atom. The van der Waals surface area contributed by atoms with Crippen LogP contribution < -0.4 is 5.32 Å². The third kappa shape index (κ3) is 37.3. The monoisotopic (exact) mass is 1590 g/mol. The predicted molar refractivity (Wildman–Crippen MR) is 515 cm³/mol. The van der Waals surface area contributed by atoms with Gasteiger partial charge in [0.15, 0.2) is 0 Å². The van der Waals surface area contributed by atoms with Crippen molar-refractivity contribution >= 4 is 0 Å². The second kappa shape index (κ2) is 41.9. The molecule has 0 radical (unpaired) electrons. The normalized spacial score (nSPS) is 26.0. The SMILES string of the molecule is CC(C)(C)C1CC(C(C)(C)C)N(C(C)(C)C)C1.CC(C)(C)C1CCCCN1.CC(C)(C)C1CCCCN1C(C)(C)C.CC(C)(C)C1CCCN1C(C)(C)C.CC(C)(C)C1CCCN1C(C)(C)C.CC(C)(C)C1CCN(C(C)(C)C)C1.CC(C)(C)C1CCN1C(C)(C)C.CC(C)(C)N1CCCC1(C(C)(C)C)C(C)(C)C.CC(C)C. The van der Waals surface area contributed by atoms with E-state index in [0.717, 1.165) is 48.0 Å². The first kappa shape index (κ1) is 113. The molecule has 0 aliphatic carbocycles. The summed E-state index contributed by atoms with van der Waals surface area (Å²) in [6, 6.07) is 4.56. The second-order valence-corrected chi connectivity index (χ2v) is 55.9. The van der Waals surface area contributed by atoms with Crippen molar-refractivity contribution in [2.45, 2.75) is 551 Å². The van der Waals surface area contributed by atoms with Crippen LogP contribution in [0, 0.1) is 71.9 Å². The molecule has 680 valence electrons. The predicted octanol–water partition coefficient (Wildman–Crippen LogP) is 29.5. The van der Waals surface area contributed by atoms with Crippen molar-refractivity contribution in [1.82, 2.24) is 39.6 Å². The van der Waals surface area contributed by atoms with Gasteiger partial charge in [-0.05, 0) is 340 Å². The van der Waals surface area contributed by atoms with Crippen molar-refractivity contribution in [2.24, 2.45) is 71.9 Å². The van der Waals surface area contributed by atoms with E-state index in [9.17, 15) is 0 Å². The molecule has 0 amide bonds. The minimum atomic E-state index is 0.261. The summed E-state index contributed by atoms with van der Waals surface area (Å²) in [6.45, 7) is 138. The van der Waals surface area contributed by atoms with Crippen LogP contribution in [0.3, 0.4) is 0 Å². The van der Waals surface area contributed by atoms with Crippen molar-refractivity contribution in [3.63, 3.8) is 0 Å². The molecular formula is C105H220N8. The lowest BCUT2D eigenvalue weighted by atomic mass is 9.58. The van der Waals surface area contributed by atoms with Gasteiger partial charge in [-0.3, -0.25) is 34.3 Å². The molecule has 8 atom stereocenters. The first-order chi connectivity index (χ1) is 49.6. The maximum absolute atomic E-state index is 3.56. The maximum atomic E-state index is 3.56. The average molecular weight is 1590 g/mol. The molecule has 8 heterocycles. The minimum Gasteiger partial charge on any atom is -0.313 e. The van der Waals surface area contributed by atoms with E-state index in [2.05, 4.69) is 413 Å². The molecule has 8 nitrogen and oxygen atoms in total. The zero-order valence-electron chi connectivity index (χ0n) is 88.8. The lowest BCUT2D eigenvalue weighted by molar-refractivity contribution is -0.101. The first-order valence-electron chi connectivity index (χ1n) is 47.7. The summed E-state index contributed by atoms with van der Waals surface area (Å²) in [5, 5.41) is 3.56. The number of nitrogens with one attached hydrogen (secondary N) is 1. The first-order valence-corrected chi connectivity index (χ1v) is 47.7. The Morgan fingerprint density at radius 2 is 0.575 bits per heavy atom. The third-order valence-electron chi connectivity index (χ3n) is 27.3. The highest BCUT2D eigenvalue weighted by molar-refractivity contribution is 5.13. The Hall–Kier alpha value is -0.320. The molecule has 0 bridgehead atoms. The summed E-state index contributed by atoms with van der Waals surface area (Å²) in [7, 11) is 0. The van der Waals surface area contributed by atoms with E-state index >= 15 is 0 Å². The second-order valence-electron chi connectivity index (χ2n) is 55.9. The van der Waals surface area contributed by atoms with Crippen LogP contribution in [0.4, 0.5) is 0 Å². The number of hydrogen-bond donors (Lipinski definition) is 1. The Balaban J connectivity index is 0.00000126. The van der Waals surface area contributed by atoms with Gasteiger partial charge in [0, 0.05) is 100 Å². The summed E-state index contributed by atoms with van der Waals surface area (Å²) in [4.78, 5) is 18.8. The number of piperidine rings is 2. The minimum absolute atomic E-state index is 0.261. The van der Waals surface area contributed by atoms with Crippen LogP contribution >= 0.6 is 0 Å². The summed E-state index contributed by atoms with van der Waals surface area (Å²) < 4.78 is 0. The van der Waals surface area contributed by atoms with Gasteiger partial charge in [0.1, 0.15) is 0 Å². The maximum Gasteiger partial charge on any atom is 0.0311 e. The van der Waals surface area contributed by atoms with Gasteiger partial charge in [-0.1, -0.05) is 241 Å². The molecule has 8 unspecified atom stereocenters. The fourth-order valence-corrected chi connectivity index (χ4v) is 20.8. The van der Waals surface area contributed by atoms with E-state index in [-0.39, 0.29) is 11.1 Å². The standard InChI is InChI=1S/2C16H33N.C13H27N.3C12H25N.C11H23N.C9H19N.C4H10/c1-14(2,3)12-10-13(15(4,5)6)17(11-12)16(7,8)9;1-13(2,3)16(14(4,5)6)11-10-12-17(16)15(7,8)9;1-12(2,3)11-9-7-8-10-14(11)13(4,5)6;1-11(2,3)10-7-8-13(9-10)12(4,5)6;2*1-11(2,3)10-8-7-9-13(10)12(4,5)6;1-10(2,3)9-7-8-12(9)11(4,5)6;1-9(2,3)8-6-4-5-7-10-8;1-4(2)3/h12-13H,10-11H2,1-9H3;10-12H2,1-9H3;11H,7-10H2,1-6H3;3*10H,7-9H2,1-6H3;9H,7-8H2,1-6H3;8,10H,4-7H2,1-3H3;4H,1-3H3. The highest BCUT2D eigenvalue weighted by atomic mass is 15.3. The molecule has 0 aromatic heterocycles. The Kier molecular flexibility index (Phi) is 41.8. The van der Waals surface area contributed by atoms with E-state index in [4.69, 9.17) is 0 Å². The third-order valence-corrected chi connectivity index (χ3v) is 27.3. The van der Waals surface area contributed by atoms with E-state index in [0.29, 0.717) is 93.4 Å². The van der Waals surface area contributed by atoms with E-state index in [1.54, 1.807) is 0 Å². The van der Waals surface area contributed by atoms with Crippen molar-refractivity contribution in [2.75, 3.05) is 58.9 Å². The van der Waals surface area contributed by atoms with Crippen LogP contribution in [0.25, 0.3) is 0 Å². The number of likely N-dealkylation sites (tertiary alicyclic amines) is 7. The van der Waals surface area contributed by atoms with Crippen LogP contribution in [0.15, 0.2) is 0 Å². The van der Waals surface area contributed by atoms with Gasteiger partial charge in [-0.15, -0.1) is 0 Å². The molecule has 1 N–H and O–H groups in total. The van der Waals surface area contributed by atoms with Crippen LogP contribution in [0.1, 0.15) is 470 Å². The summed E-state index contributed by atoms with van der Waals surface area (Å²) in [6.07, 6.45) is 20.6. The molecule has 8 saturated heterocycles. The van der Waals surface area contributed by atoms with Crippen LogP contribution in [-0.4, -0.2) is 174 Å². The topological polar surface area (TPSA) is 34.7 Å². The van der Waals surface area contributed by atoms with Crippen LogP contribution in [-0.2, 0) is 0 Å². The molecule has 8 fully saturated rings. The molecule has 0 aromatic carbocycles. The average Bonchev–Trinajstić information content (AvgIpc) is 1.62. The Labute approximate surface area is 717 Å². The Bertz CT molecular complexity index is 2400. The molecule has 8 rings (SSSR count). The van der Waals surface area contributed by atoms with Crippen molar-refractivity contribution in [1.29, 1.82) is 0 Å². The lowest BCUT2D eigenvalue weighted by Gasteiger charge is -2.60. The molecule has 8 aliphatic rings. The van der Waals surface area contributed by atoms with Crippen LogP contribution in [0.2, 0.25) is 0 Å². The van der Waals surface area contributed by atoms with Gasteiger partial charge in [-0.25, -0.2) is 0 Å².